The second-order valence-corrected chi connectivity index (χ2v) is 1.20. The minimum atomic E-state index is -5.00. The number of hydrogen-bond acceptors (Lipinski definition) is 3. The predicted octanol–water partition coefficient (Wildman–Crippen LogP) is -0.308. The highest BCUT2D eigenvalue weighted by Gasteiger charge is 2.34. The van der Waals surface area contributed by atoms with Crippen molar-refractivity contribution in [1.82, 2.24) is 5.17 Å². The number of hydrogen-bond donors (Lipinski definition) is 2. The van der Waals surface area contributed by atoms with E-state index >= 15 is 0 Å². The average Bonchev–Trinajstić information content (AvgIpc) is 1.60. The Labute approximate surface area is 53.2 Å². The summed E-state index contributed by atoms with van der Waals surface area (Å²) in [5.74, 6) is 4.32. The molecule has 0 bridgehead atoms. The first kappa shape index (κ1) is 8.98. The Morgan fingerprint density at radius 1 is 1.50 bits per heavy atom. The van der Waals surface area contributed by atoms with Crippen LogP contribution in [0.1, 0.15) is 0 Å². The van der Waals surface area contributed by atoms with Crippen LogP contribution in [0.2, 0.25) is 0 Å². The Balaban J connectivity index is 3.80. The second kappa shape index (κ2) is 2.71. The second-order valence-electron chi connectivity index (χ2n) is 1.20. The third-order valence-electron chi connectivity index (χ3n) is 0.419. The summed E-state index contributed by atoms with van der Waals surface area (Å²) in [6.07, 6.45) is -5.00. The third kappa shape index (κ3) is 3.92. The zero-order chi connectivity index (χ0) is 8.36. The van der Waals surface area contributed by atoms with Crippen molar-refractivity contribution in [3.8, 4) is 0 Å². The number of rotatable bonds is 1. The Morgan fingerprint density at radius 3 is 2.00 bits per heavy atom. The zero-order valence-corrected chi connectivity index (χ0v) is 4.55. The van der Waals surface area contributed by atoms with E-state index in [-0.39, 0.29) is 0 Å². The van der Waals surface area contributed by atoms with Crippen LogP contribution >= 0.6 is 0 Å². The highest BCUT2D eigenvalue weighted by molar-refractivity contribution is 5.69. The minimum absolute atomic E-state index is 0.611. The van der Waals surface area contributed by atoms with Crippen LogP contribution in [0.25, 0.3) is 0 Å². The number of alkyl halides is 3. The van der Waals surface area contributed by atoms with E-state index in [0.717, 1.165) is 0 Å². The summed E-state index contributed by atoms with van der Waals surface area (Å²) in [5.41, 5.74) is 4.28. The summed E-state index contributed by atoms with van der Waals surface area (Å²) in [6, 6.07) is -1.53. The highest BCUT2D eigenvalue weighted by atomic mass is 19.4. The van der Waals surface area contributed by atoms with Crippen molar-refractivity contribution < 1.29 is 22.8 Å². The quantitative estimate of drug-likeness (QED) is 0.313. The minimum Gasteiger partial charge on any atom is -0.349 e. The van der Waals surface area contributed by atoms with Crippen molar-refractivity contribution >= 4 is 6.03 Å². The zero-order valence-electron chi connectivity index (χ0n) is 4.55. The normalized spacial score (nSPS) is 11.2. The first-order valence-electron chi connectivity index (χ1n) is 1.93. The fourth-order valence-electron chi connectivity index (χ4n) is 0.157. The number of carbonyl (C=O) groups excluding carboxylic acids is 1. The molecule has 8 heteroatoms. The molecule has 0 spiro atoms. The topological polar surface area (TPSA) is 81.6 Å². The van der Waals surface area contributed by atoms with Crippen LogP contribution < -0.4 is 11.6 Å². The molecular weight excluding hydrogens is 155 g/mol. The molecule has 0 radical (unpaired) electrons. The summed E-state index contributed by atoms with van der Waals surface area (Å²) in [4.78, 5) is 12.6. The van der Waals surface area contributed by atoms with Crippen LogP contribution in [0.15, 0.2) is 0 Å². The molecule has 0 aromatic rings. The molecule has 10 heavy (non-hydrogen) atoms. The van der Waals surface area contributed by atoms with E-state index in [1.54, 1.807) is 0 Å². The maximum absolute atomic E-state index is 11.1. The van der Waals surface area contributed by atoms with Gasteiger partial charge >= 0.3 is 12.4 Å². The number of amides is 2. The van der Waals surface area contributed by atoms with E-state index in [1.807, 2.05) is 0 Å². The van der Waals surface area contributed by atoms with E-state index in [9.17, 15) is 18.0 Å². The molecule has 0 aromatic heterocycles. The smallest absolute Gasteiger partial charge is 0.349 e. The molecule has 0 unspecified atom stereocenters. The standard InChI is InChI=1S/C2H4F3N3O2/c3-2(4,5)10-8(7)1(6)9/h7H2,(H2,6,9). The number of nitrogens with zero attached hydrogens (tertiary/aromatic N) is 1. The molecule has 0 aromatic carbocycles. The van der Waals surface area contributed by atoms with E-state index in [2.05, 4.69) is 16.4 Å². The lowest BCUT2D eigenvalue weighted by molar-refractivity contribution is -0.399. The molecule has 0 atom stereocenters. The van der Waals surface area contributed by atoms with Crippen LogP contribution in [0, 0.1) is 0 Å². The van der Waals surface area contributed by atoms with Gasteiger partial charge in [0.25, 0.3) is 0 Å². The first-order chi connectivity index (χ1) is 4.33. The third-order valence-corrected chi connectivity index (χ3v) is 0.419. The first-order valence-corrected chi connectivity index (χ1v) is 1.93. The van der Waals surface area contributed by atoms with Gasteiger partial charge in [0.1, 0.15) is 0 Å². The highest BCUT2D eigenvalue weighted by Crippen LogP contribution is 2.16. The van der Waals surface area contributed by atoms with Gasteiger partial charge in [0.05, 0.1) is 0 Å². The van der Waals surface area contributed by atoms with Gasteiger partial charge in [-0.3, -0.25) is 0 Å². The number of hydrazine groups is 1. The van der Waals surface area contributed by atoms with E-state index in [0.29, 0.717) is 0 Å². The van der Waals surface area contributed by atoms with Gasteiger partial charge in [0.2, 0.25) is 0 Å². The molecule has 0 saturated carbocycles. The molecule has 0 aliphatic carbocycles. The number of nitrogens with two attached hydrogens (primary N) is 2. The van der Waals surface area contributed by atoms with Gasteiger partial charge in [0.15, 0.2) is 0 Å². The van der Waals surface area contributed by atoms with Gasteiger partial charge in [-0.05, 0) is 0 Å². The van der Waals surface area contributed by atoms with E-state index in [4.69, 9.17) is 0 Å². The monoisotopic (exact) mass is 159 g/mol. The predicted molar refractivity (Wildman–Crippen MR) is 22.7 cm³/mol. The summed E-state index contributed by atoms with van der Waals surface area (Å²) in [7, 11) is 0. The molecule has 0 fully saturated rings. The summed E-state index contributed by atoms with van der Waals surface area (Å²) < 4.78 is 33.3. The maximum Gasteiger partial charge on any atom is 0.545 e. The Bertz CT molecular complexity index is 134. The van der Waals surface area contributed by atoms with Crippen molar-refractivity contribution in [2.24, 2.45) is 11.6 Å². The van der Waals surface area contributed by atoms with Crippen LogP contribution in [-0.2, 0) is 4.84 Å². The molecule has 0 saturated heterocycles. The molecule has 4 N–H and O–H groups in total. The van der Waals surface area contributed by atoms with Crippen molar-refractivity contribution in [1.29, 1.82) is 0 Å². The lowest BCUT2D eigenvalue weighted by Crippen LogP contribution is -2.44. The van der Waals surface area contributed by atoms with Gasteiger partial charge in [-0.15, -0.1) is 18.3 Å². The van der Waals surface area contributed by atoms with Gasteiger partial charge in [0, 0.05) is 0 Å². The fraction of sp³-hybridized carbons (Fsp3) is 0.500. The molecule has 0 aliphatic rings. The van der Waals surface area contributed by atoms with Crippen molar-refractivity contribution in [3.05, 3.63) is 0 Å². The number of urea groups is 1. The van der Waals surface area contributed by atoms with Gasteiger partial charge in [-0.2, -0.15) is 4.84 Å². The van der Waals surface area contributed by atoms with Crippen LogP contribution in [-0.4, -0.2) is 17.6 Å². The summed E-state index contributed by atoms with van der Waals surface area (Å²) >= 11 is 0. The van der Waals surface area contributed by atoms with Crippen LogP contribution in [0.5, 0.6) is 0 Å². The van der Waals surface area contributed by atoms with Crippen molar-refractivity contribution in [2.75, 3.05) is 0 Å². The maximum atomic E-state index is 11.1. The van der Waals surface area contributed by atoms with Crippen LogP contribution in [0.4, 0.5) is 18.0 Å². The van der Waals surface area contributed by atoms with Crippen LogP contribution in [0.3, 0.4) is 0 Å². The Hall–Kier alpha value is -1.02. The van der Waals surface area contributed by atoms with E-state index < -0.39 is 17.6 Å². The molecule has 0 aliphatic heterocycles. The molecule has 60 valence electrons. The number of halogens is 3. The van der Waals surface area contributed by atoms with Crippen molar-refractivity contribution in [2.45, 2.75) is 6.36 Å². The van der Waals surface area contributed by atoms with Gasteiger partial charge in [-0.1, -0.05) is 0 Å². The number of carbonyl (C=O) groups is 1. The molecule has 0 rings (SSSR count). The lowest BCUT2D eigenvalue weighted by Gasteiger charge is -2.13. The molecule has 5 nitrogen and oxygen atoms in total. The molecule has 2 amide bonds. The SMILES string of the molecule is NC(=O)N(N)OC(F)(F)F. The molecular formula is C2H4F3N3O2. The molecule has 0 heterocycles. The summed E-state index contributed by atoms with van der Waals surface area (Å²) in [6.45, 7) is 0. The number of primary amides is 1. The summed E-state index contributed by atoms with van der Waals surface area (Å²) in [5, 5.41) is -0.611. The van der Waals surface area contributed by atoms with Crippen molar-refractivity contribution in [3.63, 3.8) is 0 Å². The number of hydroxylamine groups is 1. The fourth-order valence-corrected chi connectivity index (χ4v) is 0.157. The lowest BCUT2D eigenvalue weighted by atomic mass is 11.1. The Morgan fingerprint density at radius 2 is 1.90 bits per heavy atom. The Kier molecular flexibility index (Phi) is 2.43. The average molecular weight is 159 g/mol. The van der Waals surface area contributed by atoms with E-state index in [1.165, 1.54) is 0 Å². The largest absolute Gasteiger partial charge is 0.545 e. The van der Waals surface area contributed by atoms with Gasteiger partial charge in [-0.25, -0.2) is 10.6 Å². The van der Waals surface area contributed by atoms with Gasteiger partial charge < -0.3 is 5.73 Å².